The number of carboxylic acid groups (broad SMARTS) is 1. The second-order valence-electron chi connectivity index (χ2n) is 5.51. The van der Waals surface area contributed by atoms with Crippen LogP contribution in [-0.4, -0.2) is 37.3 Å². The molecule has 2 aromatic rings. The molecule has 0 unspecified atom stereocenters. The first-order chi connectivity index (χ1) is 9.71. The molecule has 2 aromatic heterocycles. The molecule has 0 spiro atoms. The smallest absolute Gasteiger partial charge is 0.339 e. The number of aromatic carboxylic acids is 1. The summed E-state index contributed by atoms with van der Waals surface area (Å²) >= 11 is 0. The molecule has 0 saturated carbocycles. The topological polar surface area (TPSA) is 123 Å². The molecule has 0 fully saturated rings. The van der Waals surface area contributed by atoms with Crippen molar-refractivity contribution in [1.82, 2.24) is 14.8 Å². The number of nitrogens with one attached hydrogen (secondary N) is 1. The van der Waals surface area contributed by atoms with Crippen molar-refractivity contribution in [2.75, 3.05) is 5.32 Å². The van der Waals surface area contributed by atoms with Gasteiger partial charge in [0.05, 0.1) is 17.3 Å². The quantitative estimate of drug-likeness (QED) is 0.746. The Bertz CT molecular complexity index is 720. The molecule has 0 aliphatic rings. The number of aryl methyl sites for hydroxylation is 1. The molecule has 2 rings (SSSR count). The van der Waals surface area contributed by atoms with E-state index in [1.807, 2.05) is 0 Å². The average molecular weight is 291 g/mol. The zero-order valence-electron chi connectivity index (χ0n) is 12.0. The van der Waals surface area contributed by atoms with Crippen LogP contribution in [0.15, 0.2) is 12.4 Å². The minimum absolute atomic E-state index is 0.0213. The van der Waals surface area contributed by atoms with Gasteiger partial charge in [-0.2, -0.15) is 5.10 Å². The van der Waals surface area contributed by atoms with E-state index in [1.165, 1.54) is 12.4 Å². The van der Waals surface area contributed by atoms with Gasteiger partial charge in [0.15, 0.2) is 5.65 Å². The summed E-state index contributed by atoms with van der Waals surface area (Å²) in [7, 11) is 1.72. The Morgan fingerprint density at radius 1 is 1.43 bits per heavy atom. The summed E-state index contributed by atoms with van der Waals surface area (Å²) in [5.41, 5.74) is 5.48. The van der Waals surface area contributed by atoms with E-state index in [0.717, 1.165) is 0 Å². The van der Waals surface area contributed by atoms with Crippen LogP contribution >= 0.6 is 0 Å². The molecule has 0 aromatic carbocycles. The highest BCUT2D eigenvalue weighted by Gasteiger charge is 2.25. The van der Waals surface area contributed by atoms with Crippen LogP contribution < -0.4 is 11.1 Å². The first-order valence-electron chi connectivity index (χ1n) is 6.32. The van der Waals surface area contributed by atoms with Crippen LogP contribution in [-0.2, 0) is 11.8 Å². The highest BCUT2D eigenvalue weighted by atomic mass is 16.4. The molecule has 8 heteroatoms. The third-order valence-electron chi connectivity index (χ3n) is 3.07. The van der Waals surface area contributed by atoms with Crippen LogP contribution in [0, 0.1) is 0 Å². The summed E-state index contributed by atoms with van der Waals surface area (Å²) in [4.78, 5) is 26.6. The molecule has 0 aliphatic carbocycles. The molecule has 0 bridgehead atoms. The van der Waals surface area contributed by atoms with E-state index in [2.05, 4.69) is 15.4 Å². The molecule has 2 heterocycles. The van der Waals surface area contributed by atoms with E-state index < -0.39 is 17.4 Å². The largest absolute Gasteiger partial charge is 0.478 e. The summed E-state index contributed by atoms with van der Waals surface area (Å²) in [6.45, 7) is 3.54. The fourth-order valence-electron chi connectivity index (χ4n) is 2.21. The van der Waals surface area contributed by atoms with Crippen molar-refractivity contribution in [1.29, 1.82) is 0 Å². The lowest BCUT2D eigenvalue weighted by molar-refractivity contribution is -0.118. The lowest BCUT2D eigenvalue weighted by Gasteiger charge is -2.27. The first-order valence-corrected chi connectivity index (χ1v) is 6.32. The SMILES string of the molecule is Cn1ncc2c(NC(C)(C)CC(N)=O)c(C(=O)O)cnc21. The molecular formula is C13H17N5O3. The molecule has 0 radical (unpaired) electrons. The number of anilines is 1. The van der Waals surface area contributed by atoms with Crippen LogP contribution in [0.3, 0.4) is 0 Å². The number of carboxylic acids is 1. The normalized spacial score (nSPS) is 11.6. The van der Waals surface area contributed by atoms with Gasteiger partial charge in [-0.1, -0.05) is 0 Å². The highest BCUT2D eigenvalue weighted by Crippen LogP contribution is 2.29. The number of carbonyl (C=O) groups excluding carboxylic acids is 1. The number of amides is 1. The lowest BCUT2D eigenvalue weighted by Crippen LogP contribution is -2.36. The summed E-state index contributed by atoms with van der Waals surface area (Å²) < 4.78 is 1.55. The van der Waals surface area contributed by atoms with Gasteiger partial charge >= 0.3 is 5.97 Å². The Morgan fingerprint density at radius 2 is 2.10 bits per heavy atom. The summed E-state index contributed by atoms with van der Waals surface area (Å²) in [5, 5.41) is 17.0. The van der Waals surface area contributed by atoms with Crippen molar-refractivity contribution >= 4 is 28.6 Å². The van der Waals surface area contributed by atoms with Crippen molar-refractivity contribution in [3.8, 4) is 0 Å². The summed E-state index contributed by atoms with van der Waals surface area (Å²) in [6, 6.07) is 0. The second-order valence-corrected chi connectivity index (χ2v) is 5.51. The number of fused-ring (bicyclic) bond motifs is 1. The van der Waals surface area contributed by atoms with E-state index >= 15 is 0 Å². The monoisotopic (exact) mass is 291 g/mol. The van der Waals surface area contributed by atoms with Crippen LogP contribution in [0.25, 0.3) is 11.0 Å². The van der Waals surface area contributed by atoms with Crippen molar-refractivity contribution in [3.63, 3.8) is 0 Å². The minimum atomic E-state index is -1.11. The zero-order chi connectivity index (χ0) is 15.8. The van der Waals surface area contributed by atoms with Gasteiger partial charge in [-0.25, -0.2) is 9.78 Å². The van der Waals surface area contributed by atoms with Gasteiger partial charge in [0.25, 0.3) is 0 Å². The lowest BCUT2D eigenvalue weighted by atomic mass is 9.98. The minimum Gasteiger partial charge on any atom is -0.478 e. The molecule has 0 saturated heterocycles. The Balaban J connectivity index is 2.56. The third-order valence-corrected chi connectivity index (χ3v) is 3.07. The maximum Gasteiger partial charge on any atom is 0.339 e. The predicted molar refractivity (Wildman–Crippen MR) is 77.0 cm³/mol. The number of rotatable bonds is 5. The molecule has 1 amide bonds. The number of nitrogens with two attached hydrogens (primary N) is 1. The van der Waals surface area contributed by atoms with Crippen LogP contribution in [0.2, 0.25) is 0 Å². The van der Waals surface area contributed by atoms with Gasteiger partial charge in [-0.3, -0.25) is 9.48 Å². The van der Waals surface area contributed by atoms with Crippen LogP contribution in [0.1, 0.15) is 30.6 Å². The number of carbonyl (C=O) groups is 2. The number of primary amides is 1. The predicted octanol–water partition coefficient (Wildman–Crippen LogP) is 0.732. The molecule has 0 aliphatic heterocycles. The second kappa shape index (κ2) is 5.04. The number of aromatic nitrogens is 3. The van der Waals surface area contributed by atoms with E-state index in [0.29, 0.717) is 16.7 Å². The first kappa shape index (κ1) is 14.8. The Kier molecular flexibility index (Phi) is 3.54. The van der Waals surface area contributed by atoms with Gasteiger partial charge in [0.2, 0.25) is 5.91 Å². The van der Waals surface area contributed by atoms with Crippen molar-refractivity contribution in [2.24, 2.45) is 12.8 Å². The standard InChI is InChI=1S/C13H17N5O3/c1-13(2,4-9(14)19)17-10-7-6-16-18(3)11(7)15-5-8(10)12(20)21/h5-6H,4H2,1-3H3,(H2,14,19)(H,15,17)(H,20,21). The maximum atomic E-state index is 11.4. The van der Waals surface area contributed by atoms with E-state index in [-0.39, 0.29) is 12.0 Å². The molecule has 8 nitrogen and oxygen atoms in total. The number of hydrogen-bond acceptors (Lipinski definition) is 5. The fraction of sp³-hybridized carbons (Fsp3) is 0.385. The number of nitrogens with zero attached hydrogens (tertiary/aromatic N) is 3. The molecule has 4 N–H and O–H groups in total. The zero-order valence-corrected chi connectivity index (χ0v) is 12.0. The van der Waals surface area contributed by atoms with Crippen LogP contribution in [0.4, 0.5) is 5.69 Å². The maximum absolute atomic E-state index is 11.4. The number of pyridine rings is 1. The molecule has 0 atom stereocenters. The van der Waals surface area contributed by atoms with Crippen molar-refractivity contribution in [3.05, 3.63) is 18.0 Å². The molecule has 21 heavy (non-hydrogen) atoms. The summed E-state index contributed by atoms with van der Waals surface area (Å²) in [5.74, 6) is -1.58. The van der Waals surface area contributed by atoms with E-state index in [9.17, 15) is 14.7 Å². The summed E-state index contributed by atoms with van der Waals surface area (Å²) in [6.07, 6.45) is 2.88. The van der Waals surface area contributed by atoms with Gasteiger partial charge < -0.3 is 16.2 Å². The van der Waals surface area contributed by atoms with Gasteiger partial charge in [0, 0.05) is 25.2 Å². The van der Waals surface area contributed by atoms with Crippen molar-refractivity contribution < 1.29 is 14.7 Å². The van der Waals surface area contributed by atoms with E-state index in [4.69, 9.17) is 5.73 Å². The highest BCUT2D eigenvalue weighted by molar-refractivity contribution is 6.03. The average Bonchev–Trinajstić information content (AvgIpc) is 2.69. The van der Waals surface area contributed by atoms with Crippen molar-refractivity contribution in [2.45, 2.75) is 25.8 Å². The Morgan fingerprint density at radius 3 is 2.67 bits per heavy atom. The fourth-order valence-corrected chi connectivity index (χ4v) is 2.21. The van der Waals surface area contributed by atoms with Crippen LogP contribution in [0.5, 0.6) is 0 Å². The third kappa shape index (κ3) is 2.93. The molecule has 112 valence electrons. The molecular weight excluding hydrogens is 274 g/mol. The van der Waals surface area contributed by atoms with Gasteiger partial charge in [0.1, 0.15) is 5.56 Å². The van der Waals surface area contributed by atoms with Gasteiger partial charge in [-0.05, 0) is 13.8 Å². The Hall–Kier alpha value is -2.64. The number of hydrogen-bond donors (Lipinski definition) is 3. The Labute approximate surface area is 121 Å². The van der Waals surface area contributed by atoms with E-state index in [1.54, 1.807) is 25.6 Å². The van der Waals surface area contributed by atoms with Gasteiger partial charge in [-0.15, -0.1) is 0 Å².